The normalized spacial score (nSPS) is 11.8. The molecule has 0 radical (unpaired) electrons. The van der Waals surface area contributed by atoms with Crippen molar-refractivity contribution in [3.8, 4) is 0 Å². The second kappa shape index (κ2) is 6.89. The van der Waals surface area contributed by atoms with E-state index in [1.54, 1.807) is 25.1 Å². The van der Waals surface area contributed by atoms with Crippen molar-refractivity contribution >= 4 is 24.0 Å². The number of benzene rings is 1. The van der Waals surface area contributed by atoms with Crippen LogP contribution in [0.15, 0.2) is 24.8 Å². The quantitative estimate of drug-likeness (QED) is 0.811. The molecule has 0 saturated carbocycles. The first kappa shape index (κ1) is 15.4. The van der Waals surface area contributed by atoms with Crippen LogP contribution in [0.4, 0.5) is 4.39 Å². The third-order valence-corrected chi connectivity index (χ3v) is 2.70. The second-order valence-electron chi connectivity index (χ2n) is 3.56. The number of nitrogens with two attached hydrogens (primary N) is 1. The maximum atomic E-state index is 13.7. The van der Waals surface area contributed by atoms with Gasteiger partial charge in [-0.25, -0.2) is 4.39 Å². The highest BCUT2D eigenvalue weighted by atomic mass is 35.5. The van der Waals surface area contributed by atoms with Gasteiger partial charge in [0.1, 0.15) is 5.82 Å². The van der Waals surface area contributed by atoms with Gasteiger partial charge < -0.3 is 5.73 Å². The average molecular weight is 264 g/mol. The molecule has 4 heteroatoms. The molecule has 16 heavy (non-hydrogen) atoms. The van der Waals surface area contributed by atoms with Crippen LogP contribution in [0.25, 0.3) is 0 Å². The van der Waals surface area contributed by atoms with E-state index in [2.05, 4.69) is 6.58 Å². The number of hydrogen-bond acceptors (Lipinski definition) is 1. The van der Waals surface area contributed by atoms with Gasteiger partial charge >= 0.3 is 0 Å². The van der Waals surface area contributed by atoms with E-state index in [-0.39, 0.29) is 24.3 Å². The van der Waals surface area contributed by atoms with Gasteiger partial charge in [-0.15, -0.1) is 19.0 Å². The summed E-state index contributed by atoms with van der Waals surface area (Å²) < 4.78 is 13.7. The standard InChI is InChI=1S/C12H15ClFN.ClH/c1-3-4-5-10(15)11-9(13)7-6-8(2)12(11)14;/h3,6-7,10H,1,4-5,15H2,2H3;1H/t10-;/m1./s1. The molecule has 0 saturated heterocycles. The Labute approximate surface area is 107 Å². The minimum Gasteiger partial charge on any atom is -0.324 e. The molecule has 2 N–H and O–H groups in total. The smallest absolute Gasteiger partial charge is 0.132 e. The third kappa shape index (κ3) is 3.48. The van der Waals surface area contributed by atoms with Gasteiger partial charge in [-0.05, 0) is 31.4 Å². The van der Waals surface area contributed by atoms with E-state index < -0.39 is 0 Å². The topological polar surface area (TPSA) is 26.0 Å². The number of hydrogen-bond donors (Lipinski definition) is 1. The molecule has 0 aliphatic heterocycles. The summed E-state index contributed by atoms with van der Waals surface area (Å²) in [5.74, 6) is -0.293. The molecule has 1 aromatic rings. The highest BCUT2D eigenvalue weighted by molar-refractivity contribution is 6.31. The third-order valence-electron chi connectivity index (χ3n) is 2.37. The summed E-state index contributed by atoms with van der Waals surface area (Å²) in [6.45, 7) is 5.31. The Kier molecular flexibility index (Phi) is 6.65. The lowest BCUT2D eigenvalue weighted by Gasteiger charge is -2.15. The molecule has 0 aliphatic rings. The summed E-state index contributed by atoms with van der Waals surface area (Å²) in [5.41, 5.74) is 6.87. The number of rotatable bonds is 4. The van der Waals surface area contributed by atoms with Crippen LogP contribution < -0.4 is 5.73 Å². The molecule has 0 heterocycles. The Morgan fingerprint density at radius 1 is 1.56 bits per heavy atom. The largest absolute Gasteiger partial charge is 0.324 e. The average Bonchev–Trinajstić information content (AvgIpc) is 2.21. The summed E-state index contributed by atoms with van der Waals surface area (Å²) in [6, 6.07) is 2.97. The lowest BCUT2D eigenvalue weighted by atomic mass is 10.00. The molecule has 0 bridgehead atoms. The molecule has 0 spiro atoms. The predicted octanol–water partition coefficient (Wildman–Crippen LogP) is 4.18. The Hall–Kier alpha value is -0.570. The van der Waals surface area contributed by atoms with Crippen molar-refractivity contribution in [3.05, 3.63) is 46.8 Å². The summed E-state index contributed by atoms with van der Waals surface area (Å²) >= 11 is 5.93. The van der Waals surface area contributed by atoms with Crippen molar-refractivity contribution < 1.29 is 4.39 Å². The van der Waals surface area contributed by atoms with Gasteiger partial charge in [0.15, 0.2) is 0 Å². The molecule has 0 aliphatic carbocycles. The molecule has 1 nitrogen and oxygen atoms in total. The van der Waals surface area contributed by atoms with Crippen molar-refractivity contribution in [1.29, 1.82) is 0 Å². The highest BCUT2D eigenvalue weighted by Gasteiger charge is 2.16. The van der Waals surface area contributed by atoms with E-state index in [1.165, 1.54) is 0 Å². The fraction of sp³-hybridized carbons (Fsp3) is 0.333. The maximum absolute atomic E-state index is 13.7. The van der Waals surface area contributed by atoms with Crippen LogP contribution in [-0.2, 0) is 0 Å². The Balaban J connectivity index is 0.00000225. The minimum atomic E-state index is -0.365. The van der Waals surface area contributed by atoms with E-state index in [0.717, 1.165) is 6.42 Å². The van der Waals surface area contributed by atoms with E-state index in [4.69, 9.17) is 17.3 Å². The first-order valence-corrected chi connectivity index (χ1v) is 5.26. The van der Waals surface area contributed by atoms with Gasteiger partial charge in [-0.2, -0.15) is 0 Å². The van der Waals surface area contributed by atoms with Crippen molar-refractivity contribution in [2.24, 2.45) is 5.73 Å². The predicted molar refractivity (Wildman–Crippen MR) is 69.8 cm³/mol. The molecule has 0 amide bonds. The van der Waals surface area contributed by atoms with Crippen LogP contribution >= 0.6 is 24.0 Å². The van der Waals surface area contributed by atoms with Crippen LogP contribution in [-0.4, -0.2) is 0 Å². The molecule has 0 unspecified atom stereocenters. The summed E-state index contributed by atoms with van der Waals surface area (Å²) in [6.07, 6.45) is 3.18. The number of halogens is 3. The molecule has 0 fully saturated rings. The fourth-order valence-electron chi connectivity index (χ4n) is 1.46. The molecule has 1 rings (SSSR count). The van der Waals surface area contributed by atoms with Gasteiger partial charge in [0.25, 0.3) is 0 Å². The first-order chi connectivity index (χ1) is 7.07. The number of allylic oxidation sites excluding steroid dienone is 1. The van der Waals surface area contributed by atoms with Gasteiger partial charge in [-0.3, -0.25) is 0 Å². The van der Waals surface area contributed by atoms with Crippen LogP contribution in [0.1, 0.15) is 30.0 Å². The zero-order valence-corrected chi connectivity index (χ0v) is 10.7. The van der Waals surface area contributed by atoms with Gasteiger partial charge in [0, 0.05) is 16.6 Å². The van der Waals surface area contributed by atoms with Crippen molar-refractivity contribution in [2.45, 2.75) is 25.8 Å². The Bertz CT molecular complexity index is 366. The molecular weight excluding hydrogens is 248 g/mol. The minimum absolute atomic E-state index is 0. The fourth-order valence-corrected chi connectivity index (χ4v) is 1.75. The SMILES string of the molecule is C=CCC[C@@H](N)c1c(Cl)ccc(C)c1F.Cl. The van der Waals surface area contributed by atoms with Crippen LogP contribution in [0, 0.1) is 12.7 Å². The summed E-state index contributed by atoms with van der Waals surface area (Å²) in [7, 11) is 0. The zero-order valence-electron chi connectivity index (χ0n) is 9.17. The van der Waals surface area contributed by atoms with Gasteiger partial charge in [0.05, 0.1) is 0 Å². The van der Waals surface area contributed by atoms with E-state index in [1.807, 2.05) is 0 Å². The monoisotopic (exact) mass is 263 g/mol. The first-order valence-electron chi connectivity index (χ1n) is 4.89. The van der Waals surface area contributed by atoms with E-state index >= 15 is 0 Å². The van der Waals surface area contributed by atoms with Crippen LogP contribution in [0.5, 0.6) is 0 Å². The highest BCUT2D eigenvalue weighted by Crippen LogP contribution is 2.28. The van der Waals surface area contributed by atoms with Crippen LogP contribution in [0.2, 0.25) is 5.02 Å². The van der Waals surface area contributed by atoms with Crippen molar-refractivity contribution in [3.63, 3.8) is 0 Å². The Morgan fingerprint density at radius 2 is 2.19 bits per heavy atom. The number of aryl methyl sites for hydroxylation is 1. The second-order valence-corrected chi connectivity index (χ2v) is 3.97. The molecule has 0 aromatic heterocycles. The molecule has 1 atom stereocenters. The molecular formula is C12H16Cl2FN. The summed E-state index contributed by atoms with van der Waals surface area (Å²) in [5, 5.41) is 0.398. The summed E-state index contributed by atoms with van der Waals surface area (Å²) in [4.78, 5) is 0. The molecule has 90 valence electrons. The lowest BCUT2D eigenvalue weighted by Crippen LogP contribution is -2.13. The zero-order chi connectivity index (χ0) is 11.4. The van der Waals surface area contributed by atoms with E-state index in [9.17, 15) is 4.39 Å². The van der Waals surface area contributed by atoms with E-state index in [0.29, 0.717) is 22.6 Å². The van der Waals surface area contributed by atoms with Gasteiger partial charge in [-0.1, -0.05) is 23.7 Å². The van der Waals surface area contributed by atoms with Crippen molar-refractivity contribution in [2.75, 3.05) is 0 Å². The van der Waals surface area contributed by atoms with Crippen molar-refractivity contribution in [1.82, 2.24) is 0 Å². The van der Waals surface area contributed by atoms with Gasteiger partial charge in [0.2, 0.25) is 0 Å². The maximum Gasteiger partial charge on any atom is 0.132 e. The Morgan fingerprint density at radius 3 is 2.75 bits per heavy atom. The van der Waals surface area contributed by atoms with Crippen LogP contribution in [0.3, 0.4) is 0 Å². The molecule has 1 aromatic carbocycles. The lowest BCUT2D eigenvalue weighted by molar-refractivity contribution is 0.560.